The Hall–Kier alpha value is -1.68. The number of nitrogens with zero attached hydrogens (tertiary/aromatic N) is 3. The lowest BCUT2D eigenvalue weighted by atomic mass is 10.2. The van der Waals surface area contributed by atoms with Crippen molar-refractivity contribution in [2.24, 2.45) is 0 Å². The van der Waals surface area contributed by atoms with Gasteiger partial charge in [0.2, 0.25) is 0 Å². The molecule has 0 fully saturated rings. The summed E-state index contributed by atoms with van der Waals surface area (Å²) in [4.78, 5) is 0. The predicted molar refractivity (Wildman–Crippen MR) is 56.2 cm³/mol. The summed E-state index contributed by atoms with van der Waals surface area (Å²) in [7, 11) is 0. The number of aliphatic hydroxyl groups is 1. The lowest BCUT2D eigenvalue weighted by Gasteiger charge is -1.99. The van der Waals surface area contributed by atoms with Gasteiger partial charge in [0.15, 0.2) is 0 Å². The van der Waals surface area contributed by atoms with Crippen LogP contribution in [0.1, 0.15) is 24.3 Å². The van der Waals surface area contributed by atoms with Crippen molar-refractivity contribution in [2.45, 2.75) is 19.6 Å². The molecule has 0 radical (unpaired) electrons. The van der Waals surface area contributed by atoms with Crippen LogP contribution < -0.4 is 0 Å². The Labute approximate surface area is 88.2 Å². The van der Waals surface area contributed by atoms with Gasteiger partial charge in [-0.3, -0.25) is 0 Å². The van der Waals surface area contributed by atoms with Crippen LogP contribution in [0.3, 0.4) is 0 Å². The first-order chi connectivity index (χ1) is 7.25. The van der Waals surface area contributed by atoms with Crippen molar-refractivity contribution in [1.82, 2.24) is 15.0 Å². The highest BCUT2D eigenvalue weighted by molar-refractivity contribution is 5.14. The molecule has 0 unspecified atom stereocenters. The Morgan fingerprint density at radius 2 is 2.07 bits per heavy atom. The van der Waals surface area contributed by atoms with E-state index < -0.39 is 6.10 Å². The highest BCUT2D eigenvalue weighted by Gasteiger charge is 2.05. The molecule has 1 aromatic heterocycles. The Morgan fingerprint density at radius 3 is 2.67 bits per heavy atom. The van der Waals surface area contributed by atoms with Crippen molar-refractivity contribution in [1.29, 1.82) is 0 Å². The fourth-order valence-electron chi connectivity index (χ4n) is 1.35. The third-order valence-corrected chi connectivity index (χ3v) is 2.17. The summed E-state index contributed by atoms with van der Waals surface area (Å²) < 4.78 is 1.72. The maximum atomic E-state index is 9.29. The molecule has 0 aliphatic heterocycles. The van der Waals surface area contributed by atoms with Crippen LogP contribution in [-0.4, -0.2) is 20.1 Å². The second-order valence-electron chi connectivity index (χ2n) is 3.50. The first-order valence-corrected chi connectivity index (χ1v) is 4.88. The van der Waals surface area contributed by atoms with Crippen LogP contribution >= 0.6 is 0 Å². The summed E-state index contributed by atoms with van der Waals surface area (Å²) in [5.74, 6) is 0. The first-order valence-electron chi connectivity index (χ1n) is 4.88. The van der Waals surface area contributed by atoms with Crippen LogP contribution in [0.25, 0.3) is 0 Å². The average molecular weight is 203 g/mol. The number of aliphatic hydroxyl groups excluding tert-OH is 1. The molecule has 1 N–H and O–H groups in total. The van der Waals surface area contributed by atoms with Crippen molar-refractivity contribution in [3.05, 3.63) is 47.8 Å². The Balaban J connectivity index is 2.12. The second-order valence-corrected chi connectivity index (χ2v) is 3.50. The predicted octanol–water partition coefficient (Wildman–Crippen LogP) is 1.38. The molecule has 0 bridgehead atoms. The monoisotopic (exact) mass is 203 g/mol. The molecule has 1 atom stereocenters. The van der Waals surface area contributed by atoms with Crippen LogP contribution in [0, 0.1) is 0 Å². The van der Waals surface area contributed by atoms with E-state index in [4.69, 9.17) is 0 Å². The van der Waals surface area contributed by atoms with Gasteiger partial charge in [0.25, 0.3) is 0 Å². The topological polar surface area (TPSA) is 50.9 Å². The maximum Gasteiger partial charge on any atom is 0.111 e. The number of benzene rings is 1. The number of rotatable bonds is 3. The number of hydrogen-bond acceptors (Lipinski definition) is 3. The number of aromatic nitrogens is 3. The molecular weight excluding hydrogens is 190 g/mol. The van der Waals surface area contributed by atoms with Gasteiger partial charge >= 0.3 is 0 Å². The first kappa shape index (κ1) is 9.86. The largest absolute Gasteiger partial charge is 0.387 e. The molecule has 4 nitrogen and oxygen atoms in total. The highest BCUT2D eigenvalue weighted by atomic mass is 16.3. The SMILES string of the molecule is C[C@H](O)c1cn(Cc2ccccc2)nn1. The zero-order valence-corrected chi connectivity index (χ0v) is 8.54. The summed E-state index contributed by atoms with van der Waals surface area (Å²) in [6.07, 6.45) is 1.20. The van der Waals surface area contributed by atoms with E-state index in [1.54, 1.807) is 17.8 Å². The maximum absolute atomic E-state index is 9.29. The molecule has 0 aliphatic carbocycles. The Bertz CT molecular complexity index is 422. The zero-order chi connectivity index (χ0) is 10.7. The van der Waals surface area contributed by atoms with E-state index in [-0.39, 0.29) is 0 Å². The van der Waals surface area contributed by atoms with Crippen LogP contribution in [-0.2, 0) is 6.54 Å². The van der Waals surface area contributed by atoms with Gasteiger partial charge in [-0.1, -0.05) is 35.5 Å². The van der Waals surface area contributed by atoms with E-state index in [2.05, 4.69) is 10.3 Å². The van der Waals surface area contributed by atoms with Gasteiger partial charge in [0.1, 0.15) is 5.69 Å². The van der Waals surface area contributed by atoms with Crippen molar-refractivity contribution in [3.63, 3.8) is 0 Å². The summed E-state index contributed by atoms with van der Waals surface area (Å²) in [5.41, 5.74) is 1.77. The summed E-state index contributed by atoms with van der Waals surface area (Å²) in [6.45, 7) is 2.36. The van der Waals surface area contributed by atoms with Crippen LogP contribution in [0.2, 0.25) is 0 Å². The molecule has 2 aromatic rings. The van der Waals surface area contributed by atoms with E-state index in [1.165, 1.54) is 5.56 Å². The molecule has 0 spiro atoms. The van der Waals surface area contributed by atoms with Gasteiger partial charge in [-0.25, -0.2) is 4.68 Å². The van der Waals surface area contributed by atoms with Crippen LogP contribution in [0.4, 0.5) is 0 Å². The van der Waals surface area contributed by atoms with E-state index in [9.17, 15) is 5.11 Å². The molecule has 0 saturated carbocycles. The molecule has 0 saturated heterocycles. The Kier molecular flexibility index (Phi) is 2.78. The fraction of sp³-hybridized carbons (Fsp3) is 0.273. The van der Waals surface area contributed by atoms with E-state index in [1.807, 2.05) is 30.3 Å². The minimum absolute atomic E-state index is 0.561. The molecule has 2 rings (SSSR count). The van der Waals surface area contributed by atoms with Gasteiger partial charge < -0.3 is 5.11 Å². The van der Waals surface area contributed by atoms with Gasteiger partial charge in [0.05, 0.1) is 18.8 Å². The van der Waals surface area contributed by atoms with E-state index >= 15 is 0 Å². The van der Waals surface area contributed by atoms with Crippen molar-refractivity contribution >= 4 is 0 Å². The summed E-state index contributed by atoms with van der Waals surface area (Å²) in [6, 6.07) is 10.0. The highest BCUT2D eigenvalue weighted by Crippen LogP contribution is 2.08. The molecule has 1 heterocycles. The smallest absolute Gasteiger partial charge is 0.111 e. The van der Waals surface area contributed by atoms with Crippen molar-refractivity contribution in [3.8, 4) is 0 Å². The Morgan fingerprint density at radius 1 is 1.33 bits per heavy atom. The van der Waals surface area contributed by atoms with Crippen molar-refractivity contribution < 1.29 is 5.11 Å². The van der Waals surface area contributed by atoms with Crippen LogP contribution in [0.15, 0.2) is 36.5 Å². The third-order valence-electron chi connectivity index (χ3n) is 2.17. The fourth-order valence-corrected chi connectivity index (χ4v) is 1.35. The second kappa shape index (κ2) is 4.23. The van der Waals surface area contributed by atoms with Gasteiger partial charge in [-0.2, -0.15) is 0 Å². The lowest BCUT2D eigenvalue weighted by Crippen LogP contribution is -1.99. The van der Waals surface area contributed by atoms with Crippen molar-refractivity contribution in [2.75, 3.05) is 0 Å². The molecule has 4 heteroatoms. The van der Waals surface area contributed by atoms with E-state index in [0.717, 1.165) is 0 Å². The molecule has 0 aliphatic rings. The standard InChI is InChI=1S/C11H13N3O/c1-9(15)11-8-14(13-12-11)7-10-5-3-2-4-6-10/h2-6,8-9,15H,7H2,1H3/t9-/m0/s1. The van der Waals surface area contributed by atoms with Crippen LogP contribution in [0.5, 0.6) is 0 Å². The molecule has 78 valence electrons. The quantitative estimate of drug-likeness (QED) is 0.819. The molecule has 15 heavy (non-hydrogen) atoms. The lowest BCUT2D eigenvalue weighted by molar-refractivity contribution is 0.194. The molecule has 0 amide bonds. The normalized spacial score (nSPS) is 12.7. The summed E-state index contributed by atoms with van der Waals surface area (Å²) in [5, 5.41) is 17.1. The van der Waals surface area contributed by atoms with Gasteiger partial charge in [-0.15, -0.1) is 5.10 Å². The zero-order valence-electron chi connectivity index (χ0n) is 8.54. The van der Waals surface area contributed by atoms with Gasteiger partial charge in [0, 0.05) is 0 Å². The minimum Gasteiger partial charge on any atom is -0.387 e. The van der Waals surface area contributed by atoms with Gasteiger partial charge in [-0.05, 0) is 12.5 Å². The average Bonchev–Trinajstić information content (AvgIpc) is 2.68. The molecule has 1 aromatic carbocycles. The van der Waals surface area contributed by atoms with E-state index in [0.29, 0.717) is 12.2 Å². The summed E-state index contributed by atoms with van der Waals surface area (Å²) >= 11 is 0. The number of hydrogen-bond donors (Lipinski definition) is 1. The minimum atomic E-state index is -0.561. The molecular formula is C11H13N3O. The third kappa shape index (κ3) is 2.41.